The lowest BCUT2D eigenvalue weighted by atomic mass is 9.81. The molecular formula is C33H25ClN2O6. The van der Waals surface area contributed by atoms with Gasteiger partial charge in [-0.2, -0.15) is 0 Å². The van der Waals surface area contributed by atoms with Gasteiger partial charge in [0.15, 0.2) is 6.61 Å². The third kappa shape index (κ3) is 4.25. The van der Waals surface area contributed by atoms with Crippen LogP contribution in [-0.2, 0) is 14.3 Å². The van der Waals surface area contributed by atoms with Crippen molar-refractivity contribution in [1.29, 1.82) is 0 Å². The summed E-state index contributed by atoms with van der Waals surface area (Å²) in [5.74, 6) is -1.47. The lowest BCUT2D eigenvalue weighted by Gasteiger charge is -2.19. The van der Waals surface area contributed by atoms with E-state index >= 15 is 0 Å². The summed E-state index contributed by atoms with van der Waals surface area (Å²) in [6.07, 6.45) is 3.01. The van der Waals surface area contributed by atoms with Crippen molar-refractivity contribution in [1.82, 2.24) is 4.98 Å². The second-order valence-corrected chi connectivity index (χ2v) is 11.6. The molecule has 2 aliphatic carbocycles. The summed E-state index contributed by atoms with van der Waals surface area (Å²) in [6.45, 7) is -0.563. The number of benzene rings is 3. The van der Waals surface area contributed by atoms with Crippen molar-refractivity contribution < 1.29 is 29.0 Å². The van der Waals surface area contributed by atoms with Crippen LogP contribution in [0.15, 0.2) is 72.8 Å². The number of para-hydroxylation sites is 1. The topological polar surface area (TPSA) is 114 Å². The van der Waals surface area contributed by atoms with Crippen LogP contribution in [0.3, 0.4) is 0 Å². The Morgan fingerprint density at radius 1 is 0.905 bits per heavy atom. The van der Waals surface area contributed by atoms with E-state index in [-0.39, 0.29) is 40.5 Å². The molecular weight excluding hydrogens is 556 g/mol. The molecule has 1 aliphatic heterocycles. The van der Waals surface area contributed by atoms with Gasteiger partial charge in [0.1, 0.15) is 5.75 Å². The van der Waals surface area contributed by atoms with Crippen LogP contribution < -0.4 is 4.90 Å². The summed E-state index contributed by atoms with van der Waals surface area (Å²) < 4.78 is 5.35. The normalized spacial score (nSPS) is 22.5. The monoisotopic (exact) mass is 580 g/mol. The number of carbonyl (C=O) groups excluding carboxylic acids is 4. The van der Waals surface area contributed by atoms with Crippen molar-refractivity contribution in [3.05, 3.63) is 88.9 Å². The molecule has 3 aromatic carbocycles. The van der Waals surface area contributed by atoms with E-state index in [9.17, 15) is 24.3 Å². The SMILES string of the molecule is O=C(COC(=O)c1cc(-c2ccc(N3C(=O)C4C5CCC(C5)C4C3=O)cc2)nc2ccc(Cl)cc12)c1ccccc1O. The van der Waals surface area contributed by atoms with Crippen LogP contribution in [0.2, 0.25) is 5.02 Å². The van der Waals surface area contributed by atoms with Crippen LogP contribution in [0.5, 0.6) is 5.75 Å². The minimum atomic E-state index is -0.749. The highest BCUT2D eigenvalue weighted by Crippen LogP contribution is 2.56. The highest BCUT2D eigenvalue weighted by molar-refractivity contribution is 6.31. The largest absolute Gasteiger partial charge is 0.507 e. The smallest absolute Gasteiger partial charge is 0.339 e. The zero-order valence-corrected chi connectivity index (χ0v) is 23.1. The highest BCUT2D eigenvalue weighted by Gasteiger charge is 2.61. The third-order valence-electron chi connectivity index (χ3n) is 8.88. The standard InChI is InChI=1S/C33H25ClN2O6/c34-20-9-12-25-23(14-20)24(33(41)42-16-28(38)22-3-1-2-4-27(22)37)15-26(35-25)17-7-10-21(11-8-17)36-31(39)29-18-5-6-19(13-18)30(29)32(36)40/h1-4,7-12,14-15,18-19,29-30,37H,5-6,13,16H2. The summed E-state index contributed by atoms with van der Waals surface area (Å²) in [5, 5.41) is 10.8. The first-order valence-corrected chi connectivity index (χ1v) is 14.2. The Labute approximate surface area is 245 Å². The van der Waals surface area contributed by atoms with Gasteiger partial charge in [-0.05, 0) is 79.6 Å². The van der Waals surface area contributed by atoms with Crippen molar-refractivity contribution in [2.75, 3.05) is 11.5 Å². The number of aromatic nitrogens is 1. The molecule has 1 aromatic heterocycles. The molecule has 3 fully saturated rings. The van der Waals surface area contributed by atoms with Crippen LogP contribution in [-0.4, -0.2) is 40.3 Å². The molecule has 2 saturated carbocycles. The molecule has 0 spiro atoms. The van der Waals surface area contributed by atoms with Gasteiger partial charge < -0.3 is 9.84 Å². The van der Waals surface area contributed by atoms with Gasteiger partial charge in [0.2, 0.25) is 17.6 Å². The average Bonchev–Trinajstić information content (AvgIpc) is 3.69. The molecule has 7 rings (SSSR count). The van der Waals surface area contributed by atoms with Crippen molar-refractivity contribution >= 4 is 51.8 Å². The van der Waals surface area contributed by atoms with Gasteiger partial charge in [0.25, 0.3) is 0 Å². The molecule has 0 radical (unpaired) electrons. The number of aromatic hydroxyl groups is 1. The Morgan fingerprint density at radius 3 is 2.29 bits per heavy atom. The second kappa shape index (κ2) is 10.1. The van der Waals surface area contributed by atoms with Crippen LogP contribution in [0.25, 0.3) is 22.2 Å². The van der Waals surface area contributed by atoms with Crippen LogP contribution >= 0.6 is 11.6 Å². The van der Waals surface area contributed by atoms with E-state index in [0.717, 1.165) is 19.3 Å². The van der Waals surface area contributed by atoms with Crippen molar-refractivity contribution in [2.24, 2.45) is 23.7 Å². The maximum atomic E-state index is 13.2. The molecule has 4 atom stereocenters. The zero-order valence-electron chi connectivity index (χ0n) is 22.3. The number of phenolic OH excluding ortho intramolecular Hbond substituents is 1. The number of halogens is 1. The Hall–Kier alpha value is -4.56. The lowest BCUT2D eigenvalue weighted by molar-refractivity contribution is -0.123. The molecule has 1 N–H and O–H groups in total. The van der Waals surface area contributed by atoms with E-state index in [1.54, 1.807) is 60.7 Å². The molecule has 2 bridgehead atoms. The summed E-state index contributed by atoms with van der Waals surface area (Å²) >= 11 is 6.22. The number of ether oxygens (including phenoxy) is 1. The molecule has 3 aliphatic rings. The molecule has 4 unspecified atom stereocenters. The molecule has 4 aromatic rings. The van der Waals surface area contributed by atoms with E-state index in [1.165, 1.54) is 17.0 Å². The fourth-order valence-electron chi connectivity index (χ4n) is 6.96. The van der Waals surface area contributed by atoms with E-state index in [4.69, 9.17) is 21.3 Å². The molecule has 2 heterocycles. The molecule has 9 heteroatoms. The number of hydrogen-bond donors (Lipinski definition) is 1. The highest BCUT2D eigenvalue weighted by atomic mass is 35.5. The number of carbonyl (C=O) groups is 4. The molecule has 2 amide bonds. The minimum absolute atomic E-state index is 0.0555. The summed E-state index contributed by atoms with van der Waals surface area (Å²) in [6, 6.07) is 19.5. The predicted octanol–water partition coefficient (Wildman–Crippen LogP) is 5.84. The number of fused-ring (bicyclic) bond motifs is 6. The number of pyridine rings is 1. The number of anilines is 1. The van der Waals surface area contributed by atoms with E-state index in [1.807, 2.05) is 0 Å². The number of esters is 1. The van der Waals surface area contributed by atoms with E-state index in [2.05, 4.69) is 0 Å². The van der Waals surface area contributed by atoms with Gasteiger partial charge in [-0.15, -0.1) is 0 Å². The first-order chi connectivity index (χ1) is 20.3. The molecule has 210 valence electrons. The molecule has 1 saturated heterocycles. The van der Waals surface area contributed by atoms with Gasteiger partial charge in [-0.25, -0.2) is 9.78 Å². The van der Waals surface area contributed by atoms with Crippen LogP contribution in [0, 0.1) is 23.7 Å². The fraction of sp³-hybridized carbons (Fsp3) is 0.242. The van der Waals surface area contributed by atoms with Gasteiger partial charge in [0.05, 0.1) is 39.9 Å². The summed E-state index contributed by atoms with van der Waals surface area (Å²) in [4.78, 5) is 58.3. The number of imide groups is 1. The molecule has 42 heavy (non-hydrogen) atoms. The maximum Gasteiger partial charge on any atom is 0.339 e. The zero-order chi connectivity index (χ0) is 29.1. The Morgan fingerprint density at radius 2 is 1.60 bits per heavy atom. The predicted molar refractivity (Wildman–Crippen MR) is 155 cm³/mol. The van der Waals surface area contributed by atoms with Gasteiger partial charge in [-0.3, -0.25) is 19.3 Å². The molecule has 8 nitrogen and oxygen atoms in total. The van der Waals surface area contributed by atoms with Crippen molar-refractivity contribution in [2.45, 2.75) is 19.3 Å². The number of nitrogens with zero attached hydrogens (tertiary/aromatic N) is 2. The number of phenols is 1. The number of amides is 2. The van der Waals surface area contributed by atoms with Gasteiger partial charge in [0, 0.05) is 16.0 Å². The first-order valence-electron chi connectivity index (χ1n) is 13.9. The fourth-order valence-corrected chi connectivity index (χ4v) is 7.13. The Bertz CT molecular complexity index is 1770. The van der Waals surface area contributed by atoms with E-state index < -0.39 is 18.4 Å². The van der Waals surface area contributed by atoms with Gasteiger partial charge >= 0.3 is 5.97 Å². The van der Waals surface area contributed by atoms with Crippen molar-refractivity contribution in [3.8, 4) is 17.0 Å². The van der Waals surface area contributed by atoms with E-state index in [0.29, 0.717) is 44.7 Å². The van der Waals surface area contributed by atoms with Gasteiger partial charge in [-0.1, -0.05) is 35.9 Å². The summed E-state index contributed by atoms with van der Waals surface area (Å²) in [7, 11) is 0. The Balaban J connectivity index is 1.17. The third-order valence-corrected chi connectivity index (χ3v) is 9.11. The second-order valence-electron chi connectivity index (χ2n) is 11.2. The van der Waals surface area contributed by atoms with Crippen molar-refractivity contribution in [3.63, 3.8) is 0 Å². The Kier molecular flexibility index (Phi) is 6.31. The quantitative estimate of drug-likeness (QED) is 0.173. The summed E-state index contributed by atoms with van der Waals surface area (Å²) in [5.41, 5.74) is 2.36. The number of rotatable bonds is 6. The number of hydrogen-bond acceptors (Lipinski definition) is 7. The lowest BCUT2D eigenvalue weighted by Crippen LogP contribution is -2.32. The van der Waals surface area contributed by atoms with Crippen LogP contribution in [0.1, 0.15) is 40.0 Å². The number of ketones is 1. The van der Waals surface area contributed by atoms with Crippen LogP contribution in [0.4, 0.5) is 5.69 Å². The number of Topliss-reactive ketones (excluding diaryl/α,β-unsaturated/α-hetero) is 1. The minimum Gasteiger partial charge on any atom is -0.507 e. The average molecular weight is 581 g/mol. The maximum absolute atomic E-state index is 13.2. The first kappa shape index (κ1) is 26.3.